The number of rotatable bonds is 8. The van der Waals surface area contributed by atoms with Crippen molar-refractivity contribution in [3.8, 4) is 0 Å². The number of hydrogen-bond acceptors (Lipinski definition) is 3. The molecule has 35 heavy (non-hydrogen) atoms. The molecule has 0 saturated heterocycles. The molecule has 4 aliphatic rings. The van der Waals surface area contributed by atoms with E-state index < -0.39 is 0 Å². The molecule has 206 valence electrons. The Kier molecular flexibility index (Phi) is 11.6. The first-order chi connectivity index (χ1) is 16.3. The van der Waals surface area contributed by atoms with Crippen LogP contribution in [0.4, 0.5) is 0 Å². The maximum Gasteiger partial charge on any atom is 0.219 e. The summed E-state index contributed by atoms with van der Waals surface area (Å²) in [6.45, 7) is 13.5. The van der Waals surface area contributed by atoms with Gasteiger partial charge >= 0.3 is 0 Å². The number of hydrogen-bond donors (Lipinski definition) is 3. The summed E-state index contributed by atoms with van der Waals surface area (Å²) < 4.78 is 0. The van der Waals surface area contributed by atoms with Crippen molar-refractivity contribution < 1.29 is 9.90 Å². The smallest absolute Gasteiger partial charge is 0.219 e. The lowest BCUT2D eigenvalue weighted by atomic mass is 9.42. The maximum atomic E-state index is 12.2. The lowest BCUT2D eigenvalue weighted by Gasteiger charge is -2.63. The monoisotopic (exact) mass is 492 g/mol. The van der Waals surface area contributed by atoms with Crippen molar-refractivity contribution in [3.63, 3.8) is 0 Å². The van der Waals surface area contributed by atoms with E-state index in [1.165, 1.54) is 44.9 Å². The van der Waals surface area contributed by atoms with Gasteiger partial charge in [-0.05, 0) is 131 Å². The van der Waals surface area contributed by atoms with Gasteiger partial charge in [-0.1, -0.05) is 42.0 Å². The van der Waals surface area contributed by atoms with Crippen LogP contribution in [0.2, 0.25) is 0 Å². The van der Waals surface area contributed by atoms with E-state index in [0.717, 1.165) is 74.3 Å². The number of carbonyl (C=O) groups is 1. The highest BCUT2D eigenvalue weighted by molar-refractivity contribution is 5.75. The van der Waals surface area contributed by atoms with Crippen LogP contribution in [0, 0.1) is 46.3 Å². The van der Waals surface area contributed by atoms with Gasteiger partial charge in [0.25, 0.3) is 0 Å². The minimum absolute atomic E-state index is 0. The molecule has 0 heterocycles. The second-order valence-corrected chi connectivity index (χ2v) is 12.7. The van der Waals surface area contributed by atoms with Crippen molar-refractivity contribution in [2.75, 3.05) is 20.1 Å². The lowest BCUT2D eigenvalue weighted by Crippen LogP contribution is -2.56. The van der Waals surface area contributed by atoms with Crippen molar-refractivity contribution in [2.45, 2.75) is 125 Å². The molecule has 0 bridgehead atoms. The van der Waals surface area contributed by atoms with Gasteiger partial charge in [0.2, 0.25) is 5.91 Å². The molecular formula is C31H60N2O2. The minimum Gasteiger partial charge on any atom is -0.393 e. The highest BCUT2D eigenvalue weighted by atomic mass is 16.3. The average molecular weight is 493 g/mol. The number of amides is 1. The lowest BCUT2D eigenvalue weighted by molar-refractivity contribution is -0.150. The first kappa shape index (κ1) is 30.6. The molecule has 0 aliphatic heterocycles. The summed E-state index contributed by atoms with van der Waals surface area (Å²) in [5, 5.41) is 16.5. The first-order valence-electron chi connectivity index (χ1n) is 14.9. The zero-order valence-corrected chi connectivity index (χ0v) is 23.3. The maximum absolute atomic E-state index is 12.2. The number of aliphatic hydroxyl groups is 1. The second kappa shape index (κ2) is 13.3. The minimum atomic E-state index is -0.0508. The fourth-order valence-corrected chi connectivity index (χ4v) is 9.62. The predicted molar refractivity (Wildman–Crippen MR) is 149 cm³/mol. The molecule has 5 unspecified atom stereocenters. The van der Waals surface area contributed by atoms with Crippen molar-refractivity contribution in [1.29, 1.82) is 0 Å². The molecule has 3 N–H and O–H groups in total. The van der Waals surface area contributed by atoms with Gasteiger partial charge < -0.3 is 15.7 Å². The molecular weight excluding hydrogens is 432 g/mol. The van der Waals surface area contributed by atoms with Gasteiger partial charge in [0.1, 0.15) is 0 Å². The van der Waals surface area contributed by atoms with Crippen LogP contribution in [0.25, 0.3) is 0 Å². The quantitative estimate of drug-likeness (QED) is 0.326. The molecule has 4 heteroatoms. The van der Waals surface area contributed by atoms with Crippen LogP contribution in [0.5, 0.6) is 0 Å². The van der Waals surface area contributed by atoms with E-state index in [1.54, 1.807) is 0 Å². The third-order valence-electron chi connectivity index (χ3n) is 11.0. The standard InChI is InChI=1S/C28H50N2O2.C2H6.CH4/c1-19-18-28(3)20(7-5-8-25(32)30-16-6-15-29-4)10-12-24(28)23-11-9-21-17-22(31)13-14-27(21,2)26(19)23;1-2;/h19-24,26,29,31H,5-18H2,1-4H3,(H,30,32);1-2H3;1H4/t19-,20?,21?,22-,23?,24+,26+,27?,28?;;/m1../s1. The average Bonchev–Trinajstić information content (AvgIpc) is 3.14. The number of fused-ring (bicyclic) bond motifs is 5. The molecule has 0 spiro atoms. The molecule has 4 nitrogen and oxygen atoms in total. The molecule has 4 aliphatic carbocycles. The number of nitrogens with one attached hydrogen (secondary N) is 2. The summed E-state index contributed by atoms with van der Waals surface area (Å²) in [6, 6.07) is 0. The zero-order valence-electron chi connectivity index (χ0n) is 23.3. The van der Waals surface area contributed by atoms with Crippen LogP contribution in [0.15, 0.2) is 0 Å². The fourth-order valence-electron chi connectivity index (χ4n) is 9.62. The Morgan fingerprint density at radius 1 is 1.00 bits per heavy atom. The molecule has 4 saturated carbocycles. The SMILES string of the molecule is C.CC.CNCCCNC(=O)CCCC1CC[C@H]2C3CCC4C[C@H](O)CCC4(C)[C@H]3[C@H](C)CC12C. The van der Waals surface area contributed by atoms with Crippen LogP contribution in [-0.2, 0) is 4.79 Å². The fraction of sp³-hybridized carbons (Fsp3) is 0.968. The van der Waals surface area contributed by atoms with Crippen LogP contribution in [0.1, 0.15) is 119 Å². The Bertz CT molecular complexity index is 654. The van der Waals surface area contributed by atoms with Crippen LogP contribution in [0.3, 0.4) is 0 Å². The molecule has 4 fully saturated rings. The number of aliphatic hydroxyl groups excluding tert-OH is 1. The topological polar surface area (TPSA) is 61.4 Å². The molecule has 0 aromatic rings. The van der Waals surface area contributed by atoms with Gasteiger partial charge in [-0.15, -0.1) is 0 Å². The summed E-state index contributed by atoms with van der Waals surface area (Å²) in [4.78, 5) is 12.2. The highest BCUT2D eigenvalue weighted by Gasteiger charge is 2.61. The summed E-state index contributed by atoms with van der Waals surface area (Å²) in [7, 11) is 1.96. The van der Waals surface area contributed by atoms with Crippen molar-refractivity contribution in [3.05, 3.63) is 0 Å². The summed E-state index contributed by atoms with van der Waals surface area (Å²) >= 11 is 0. The summed E-state index contributed by atoms with van der Waals surface area (Å²) in [6.07, 6.45) is 14.1. The van der Waals surface area contributed by atoms with E-state index in [0.29, 0.717) is 17.3 Å². The highest BCUT2D eigenvalue weighted by Crippen LogP contribution is 2.69. The third kappa shape index (κ3) is 6.28. The molecule has 4 rings (SSSR count). The van der Waals surface area contributed by atoms with Gasteiger partial charge in [-0.2, -0.15) is 0 Å². The third-order valence-corrected chi connectivity index (χ3v) is 11.0. The summed E-state index contributed by atoms with van der Waals surface area (Å²) in [5.41, 5.74) is 0.924. The van der Waals surface area contributed by atoms with Gasteiger partial charge in [-0.25, -0.2) is 0 Å². The van der Waals surface area contributed by atoms with Crippen molar-refractivity contribution in [2.24, 2.45) is 46.3 Å². The molecule has 9 atom stereocenters. The van der Waals surface area contributed by atoms with Gasteiger partial charge in [0.05, 0.1) is 6.10 Å². The van der Waals surface area contributed by atoms with E-state index in [1.807, 2.05) is 20.9 Å². The largest absolute Gasteiger partial charge is 0.393 e. The van der Waals surface area contributed by atoms with Crippen LogP contribution < -0.4 is 10.6 Å². The molecule has 1 amide bonds. The Morgan fingerprint density at radius 2 is 1.74 bits per heavy atom. The van der Waals surface area contributed by atoms with Gasteiger partial charge in [0.15, 0.2) is 0 Å². The van der Waals surface area contributed by atoms with Gasteiger partial charge in [0, 0.05) is 13.0 Å². The summed E-state index contributed by atoms with van der Waals surface area (Å²) in [5.74, 6) is 5.20. The van der Waals surface area contributed by atoms with Gasteiger partial charge in [-0.3, -0.25) is 4.79 Å². The Hall–Kier alpha value is -0.610. The molecule has 0 radical (unpaired) electrons. The number of carbonyl (C=O) groups excluding carboxylic acids is 1. The first-order valence-corrected chi connectivity index (χ1v) is 14.9. The Morgan fingerprint density at radius 3 is 2.46 bits per heavy atom. The van der Waals surface area contributed by atoms with Crippen LogP contribution >= 0.6 is 0 Å². The van der Waals surface area contributed by atoms with Crippen LogP contribution in [-0.4, -0.2) is 37.3 Å². The van der Waals surface area contributed by atoms with E-state index >= 15 is 0 Å². The second-order valence-electron chi connectivity index (χ2n) is 12.7. The molecule has 0 aromatic heterocycles. The Labute approximate surface area is 218 Å². The van der Waals surface area contributed by atoms with E-state index in [9.17, 15) is 9.90 Å². The van der Waals surface area contributed by atoms with E-state index in [-0.39, 0.29) is 19.4 Å². The Balaban J connectivity index is 0.00000140. The van der Waals surface area contributed by atoms with Crippen molar-refractivity contribution in [1.82, 2.24) is 10.6 Å². The normalized spacial score (nSPS) is 41.9. The predicted octanol–water partition coefficient (Wildman–Crippen LogP) is 6.81. The van der Waals surface area contributed by atoms with E-state index in [4.69, 9.17) is 0 Å². The zero-order chi connectivity index (χ0) is 24.9. The van der Waals surface area contributed by atoms with E-state index in [2.05, 4.69) is 31.4 Å². The molecule has 0 aromatic carbocycles. The van der Waals surface area contributed by atoms with Crippen molar-refractivity contribution >= 4 is 5.91 Å².